The molecule has 0 aliphatic carbocycles. The second kappa shape index (κ2) is 4.83. The molecule has 3 rings (SSSR count). The third-order valence-corrected chi connectivity index (χ3v) is 3.44. The van der Waals surface area contributed by atoms with E-state index in [2.05, 4.69) is 25.9 Å². The van der Waals surface area contributed by atoms with Gasteiger partial charge in [0.15, 0.2) is 0 Å². The average Bonchev–Trinajstić information content (AvgIpc) is 2.81. The standard InChI is InChI=1S/C13H8BrClN2O2/c1-18-11-3-2-7(4-9(11)14)12-17-10-5-8(15)6-16-13(10)19-12/h2-6H,1H3. The zero-order chi connectivity index (χ0) is 13.4. The van der Waals surface area contributed by atoms with Crippen LogP contribution in [0.1, 0.15) is 0 Å². The van der Waals surface area contributed by atoms with Gasteiger partial charge < -0.3 is 9.15 Å². The summed E-state index contributed by atoms with van der Waals surface area (Å²) >= 11 is 9.30. The van der Waals surface area contributed by atoms with Crippen LogP contribution in [0.2, 0.25) is 5.02 Å². The zero-order valence-electron chi connectivity index (χ0n) is 9.85. The number of nitrogens with zero attached hydrogens (tertiary/aromatic N) is 2. The van der Waals surface area contributed by atoms with Gasteiger partial charge in [0.25, 0.3) is 0 Å². The fraction of sp³-hybridized carbons (Fsp3) is 0.0769. The number of oxazole rings is 1. The molecule has 4 nitrogen and oxygen atoms in total. The Labute approximate surface area is 122 Å². The molecule has 0 unspecified atom stereocenters. The molecule has 6 heteroatoms. The van der Waals surface area contributed by atoms with Gasteiger partial charge in [0.05, 0.1) is 16.6 Å². The minimum absolute atomic E-state index is 0.464. The van der Waals surface area contributed by atoms with Crippen molar-refractivity contribution in [3.05, 3.63) is 40.0 Å². The summed E-state index contributed by atoms with van der Waals surface area (Å²) in [4.78, 5) is 8.45. The maximum absolute atomic E-state index is 5.87. The van der Waals surface area contributed by atoms with Gasteiger partial charge in [-0.05, 0) is 40.2 Å². The molecular weight excluding hydrogens is 332 g/mol. The van der Waals surface area contributed by atoms with Crippen molar-refractivity contribution in [1.29, 1.82) is 0 Å². The SMILES string of the molecule is COc1ccc(-c2nc3cc(Cl)cnc3o2)cc1Br. The highest BCUT2D eigenvalue weighted by molar-refractivity contribution is 9.10. The van der Waals surface area contributed by atoms with Gasteiger partial charge in [-0.25, -0.2) is 9.97 Å². The molecule has 0 aliphatic rings. The highest BCUT2D eigenvalue weighted by Crippen LogP contribution is 2.31. The fourth-order valence-corrected chi connectivity index (χ4v) is 2.41. The van der Waals surface area contributed by atoms with Crippen LogP contribution in [-0.2, 0) is 0 Å². The lowest BCUT2D eigenvalue weighted by Gasteiger charge is -2.03. The number of halogens is 2. The maximum Gasteiger partial charge on any atom is 0.247 e. The van der Waals surface area contributed by atoms with Crippen molar-refractivity contribution in [2.45, 2.75) is 0 Å². The summed E-state index contributed by atoms with van der Waals surface area (Å²) in [6.45, 7) is 0. The molecule has 0 aliphatic heterocycles. The Balaban J connectivity index is 2.11. The first-order valence-corrected chi connectivity index (χ1v) is 6.60. The van der Waals surface area contributed by atoms with Crippen LogP contribution in [0.25, 0.3) is 22.7 Å². The molecule has 0 atom stereocenters. The lowest BCUT2D eigenvalue weighted by Crippen LogP contribution is -1.85. The van der Waals surface area contributed by atoms with Crippen LogP contribution in [0.5, 0.6) is 5.75 Å². The van der Waals surface area contributed by atoms with Gasteiger partial charge in [0, 0.05) is 11.8 Å². The summed E-state index contributed by atoms with van der Waals surface area (Å²) in [7, 11) is 1.62. The van der Waals surface area contributed by atoms with E-state index in [1.807, 2.05) is 18.2 Å². The van der Waals surface area contributed by atoms with E-state index in [0.717, 1.165) is 15.8 Å². The van der Waals surface area contributed by atoms with Crippen LogP contribution >= 0.6 is 27.5 Å². The van der Waals surface area contributed by atoms with E-state index in [4.69, 9.17) is 20.8 Å². The molecule has 0 saturated carbocycles. The molecule has 0 fully saturated rings. The highest BCUT2D eigenvalue weighted by Gasteiger charge is 2.11. The van der Waals surface area contributed by atoms with Gasteiger partial charge in [-0.15, -0.1) is 0 Å². The number of ether oxygens (including phenoxy) is 1. The number of fused-ring (bicyclic) bond motifs is 1. The van der Waals surface area contributed by atoms with Crippen molar-refractivity contribution in [2.24, 2.45) is 0 Å². The molecular formula is C13H8BrClN2O2. The average molecular weight is 340 g/mol. The molecule has 0 N–H and O–H groups in total. The number of aromatic nitrogens is 2. The van der Waals surface area contributed by atoms with Crippen LogP contribution in [0.4, 0.5) is 0 Å². The van der Waals surface area contributed by atoms with E-state index >= 15 is 0 Å². The Morgan fingerprint density at radius 2 is 2.16 bits per heavy atom. The first kappa shape index (κ1) is 12.4. The minimum Gasteiger partial charge on any atom is -0.496 e. The Kier molecular flexibility index (Phi) is 3.16. The minimum atomic E-state index is 0.464. The molecule has 96 valence electrons. The summed E-state index contributed by atoms with van der Waals surface area (Å²) in [6.07, 6.45) is 1.53. The van der Waals surface area contributed by atoms with Crippen LogP contribution in [-0.4, -0.2) is 17.1 Å². The smallest absolute Gasteiger partial charge is 0.247 e. The second-order valence-corrected chi connectivity index (χ2v) is 5.14. The number of pyridine rings is 1. The predicted molar refractivity (Wildman–Crippen MR) is 76.5 cm³/mol. The zero-order valence-corrected chi connectivity index (χ0v) is 12.2. The summed E-state index contributed by atoms with van der Waals surface area (Å²) < 4.78 is 11.6. The summed E-state index contributed by atoms with van der Waals surface area (Å²) in [5.41, 5.74) is 1.93. The van der Waals surface area contributed by atoms with Crippen molar-refractivity contribution >= 4 is 38.8 Å². The van der Waals surface area contributed by atoms with Crippen LogP contribution < -0.4 is 4.74 Å². The van der Waals surface area contributed by atoms with Crippen LogP contribution in [0.3, 0.4) is 0 Å². The Morgan fingerprint density at radius 3 is 2.89 bits per heavy atom. The Bertz CT molecular complexity index is 757. The number of rotatable bonds is 2. The third-order valence-electron chi connectivity index (χ3n) is 2.61. The molecule has 0 radical (unpaired) electrons. The van der Waals surface area contributed by atoms with E-state index < -0.39 is 0 Å². The molecule has 2 aromatic heterocycles. The van der Waals surface area contributed by atoms with Crippen molar-refractivity contribution in [3.8, 4) is 17.2 Å². The van der Waals surface area contributed by atoms with Gasteiger partial charge in [0.1, 0.15) is 11.3 Å². The van der Waals surface area contributed by atoms with Crippen molar-refractivity contribution in [2.75, 3.05) is 7.11 Å². The Morgan fingerprint density at radius 1 is 1.32 bits per heavy atom. The van der Waals surface area contributed by atoms with Crippen LogP contribution in [0, 0.1) is 0 Å². The quantitative estimate of drug-likeness (QED) is 0.698. The number of hydrogen-bond donors (Lipinski definition) is 0. The van der Waals surface area contributed by atoms with Crippen molar-refractivity contribution < 1.29 is 9.15 Å². The van der Waals surface area contributed by atoms with Gasteiger partial charge in [0.2, 0.25) is 11.6 Å². The number of hydrogen-bond acceptors (Lipinski definition) is 4. The summed E-state index contributed by atoms with van der Waals surface area (Å²) in [6, 6.07) is 7.31. The predicted octanol–water partition coefficient (Wildman–Crippen LogP) is 4.31. The third kappa shape index (κ3) is 2.31. The second-order valence-electron chi connectivity index (χ2n) is 3.85. The maximum atomic E-state index is 5.87. The van der Waals surface area contributed by atoms with Gasteiger partial charge >= 0.3 is 0 Å². The lowest BCUT2D eigenvalue weighted by molar-refractivity contribution is 0.412. The molecule has 0 bridgehead atoms. The topological polar surface area (TPSA) is 48.2 Å². The Hall–Kier alpha value is -1.59. The summed E-state index contributed by atoms with van der Waals surface area (Å²) in [5.74, 6) is 1.24. The first-order valence-electron chi connectivity index (χ1n) is 5.43. The van der Waals surface area contributed by atoms with Gasteiger partial charge in [-0.2, -0.15) is 0 Å². The molecule has 0 amide bonds. The van der Waals surface area contributed by atoms with Crippen molar-refractivity contribution in [3.63, 3.8) is 0 Å². The van der Waals surface area contributed by atoms with Gasteiger partial charge in [-0.3, -0.25) is 0 Å². The van der Waals surface area contributed by atoms with Gasteiger partial charge in [-0.1, -0.05) is 11.6 Å². The van der Waals surface area contributed by atoms with E-state index in [0.29, 0.717) is 22.1 Å². The highest BCUT2D eigenvalue weighted by atomic mass is 79.9. The van der Waals surface area contributed by atoms with E-state index in [1.54, 1.807) is 13.2 Å². The van der Waals surface area contributed by atoms with E-state index in [1.165, 1.54) is 6.20 Å². The molecule has 2 heterocycles. The monoisotopic (exact) mass is 338 g/mol. The van der Waals surface area contributed by atoms with E-state index in [9.17, 15) is 0 Å². The van der Waals surface area contributed by atoms with Crippen LogP contribution in [0.15, 0.2) is 39.4 Å². The normalized spacial score (nSPS) is 10.9. The fourth-order valence-electron chi connectivity index (χ4n) is 1.72. The molecule has 19 heavy (non-hydrogen) atoms. The van der Waals surface area contributed by atoms with Crippen molar-refractivity contribution in [1.82, 2.24) is 9.97 Å². The molecule has 0 saturated heterocycles. The lowest BCUT2D eigenvalue weighted by atomic mass is 10.2. The number of methoxy groups -OCH3 is 1. The molecule has 3 aromatic rings. The molecule has 1 aromatic carbocycles. The largest absolute Gasteiger partial charge is 0.496 e. The first-order chi connectivity index (χ1) is 9.17. The number of benzene rings is 1. The van der Waals surface area contributed by atoms with E-state index in [-0.39, 0.29) is 0 Å². The summed E-state index contributed by atoms with van der Waals surface area (Å²) in [5, 5.41) is 0.531. The molecule has 0 spiro atoms.